The fourth-order valence-corrected chi connectivity index (χ4v) is 3.06. The minimum Gasteiger partial charge on any atom is -0.378 e. The first-order valence-electron chi connectivity index (χ1n) is 8.21. The van der Waals surface area contributed by atoms with Crippen LogP contribution in [0.25, 0.3) is 5.57 Å². The Morgan fingerprint density at radius 3 is 2.64 bits per heavy atom. The van der Waals surface area contributed by atoms with Crippen molar-refractivity contribution in [1.82, 2.24) is 0 Å². The third-order valence-corrected chi connectivity index (χ3v) is 4.39. The Hall–Kier alpha value is -2.86. The predicted octanol–water partition coefficient (Wildman–Crippen LogP) is 3.07. The van der Waals surface area contributed by atoms with Crippen molar-refractivity contribution in [2.24, 2.45) is 0 Å². The van der Waals surface area contributed by atoms with Crippen LogP contribution in [-0.4, -0.2) is 32.2 Å². The predicted molar refractivity (Wildman–Crippen MR) is 96.1 cm³/mol. The number of amides is 1. The average Bonchev–Trinajstić information content (AvgIpc) is 2.95. The van der Waals surface area contributed by atoms with Crippen LogP contribution in [0.2, 0.25) is 0 Å². The van der Waals surface area contributed by atoms with Crippen LogP contribution in [0.15, 0.2) is 48.7 Å². The molecular formula is C19H18FN3O2. The summed E-state index contributed by atoms with van der Waals surface area (Å²) in [4.78, 5) is 14.3. The summed E-state index contributed by atoms with van der Waals surface area (Å²) in [6.07, 6.45) is 1.66. The Balaban J connectivity index is 1.49. The van der Waals surface area contributed by atoms with Gasteiger partial charge in [0.15, 0.2) is 0 Å². The number of nitrogens with zero attached hydrogens (tertiary/aromatic N) is 1. The van der Waals surface area contributed by atoms with Gasteiger partial charge in [0, 0.05) is 36.2 Å². The van der Waals surface area contributed by atoms with E-state index < -0.39 is 0 Å². The minimum atomic E-state index is -0.369. The first kappa shape index (κ1) is 15.7. The van der Waals surface area contributed by atoms with Gasteiger partial charge in [0.2, 0.25) is 0 Å². The lowest BCUT2D eigenvalue weighted by Crippen LogP contribution is -2.36. The molecule has 0 aliphatic carbocycles. The normalized spacial score (nSPS) is 18.2. The highest BCUT2D eigenvalue weighted by Gasteiger charge is 2.24. The SMILES string of the molecule is O=C1Nc2cc(F)ccc2/C1=C\Nc1ccc(N2CCOCC2)cc1. The Kier molecular flexibility index (Phi) is 4.11. The van der Waals surface area contributed by atoms with Crippen molar-refractivity contribution in [3.05, 3.63) is 60.0 Å². The van der Waals surface area contributed by atoms with E-state index in [0.29, 0.717) is 16.8 Å². The Bertz CT molecular complexity index is 827. The topological polar surface area (TPSA) is 53.6 Å². The van der Waals surface area contributed by atoms with Crippen LogP contribution >= 0.6 is 0 Å². The molecule has 1 saturated heterocycles. The second-order valence-corrected chi connectivity index (χ2v) is 5.99. The van der Waals surface area contributed by atoms with E-state index >= 15 is 0 Å². The van der Waals surface area contributed by atoms with E-state index in [2.05, 4.69) is 15.5 Å². The molecule has 2 heterocycles. The first-order chi connectivity index (χ1) is 12.2. The molecule has 1 amide bonds. The van der Waals surface area contributed by atoms with Gasteiger partial charge in [0.05, 0.1) is 24.5 Å². The van der Waals surface area contributed by atoms with Crippen LogP contribution in [0, 0.1) is 5.82 Å². The van der Waals surface area contributed by atoms with Crippen LogP contribution < -0.4 is 15.5 Å². The fraction of sp³-hybridized carbons (Fsp3) is 0.211. The molecule has 0 radical (unpaired) electrons. The van der Waals surface area contributed by atoms with Crippen molar-refractivity contribution in [2.45, 2.75) is 0 Å². The lowest BCUT2D eigenvalue weighted by molar-refractivity contribution is -0.110. The number of halogens is 1. The van der Waals surface area contributed by atoms with Crippen LogP contribution in [0.4, 0.5) is 21.5 Å². The van der Waals surface area contributed by atoms with Crippen molar-refractivity contribution in [3.63, 3.8) is 0 Å². The molecular weight excluding hydrogens is 321 g/mol. The van der Waals surface area contributed by atoms with Gasteiger partial charge in [-0.05, 0) is 42.5 Å². The molecule has 128 valence electrons. The zero-order valence-corrected chi connectivity index (χ0v) is 13.6. The number of fused-ring (bicyclic) bond motifs is 1. The van der Waals surface area contributed by atoms with Gasteiger partial charge in [-0.1, -0.05) is 0 Å². The molecule has 0 aromatic heterocycles. The van der Waals surface area contributed by atoms with Gasteiger partial charge in [-0.2, -0.15) is 0 Å². The molecule has 4 rings (SSSR count). The number of carbonyl (C=O) groups excluding carboxylic acids is 1. The molecule has 2 aliphatic heterocycles. The van der Waals surface area contributed by atoms with E-state index in [1.54, 1.807) is 12.3 Å². The van der Waals surface area contributed by atoms with Crippen LogP contribution in [0.5, 0.6) is 0 Å². The maximum Gasteiger partial charge on any atom is 0.257 e. The van der Waals surface area contributed by atoms with Gasteiger partial charge < -0.3 is 20.3 Å². The van der Waals surface area contributed by atoms with Crippen LogP contribution in [-0.2, 0) is 9.53 Å². The lowest BCUT2D eigenvalue weighted by atomic mass is 10.1. The maximum atomic E-state index is 13.3. The monoisotopic (exact) mass is 339 g/mol. The average molecular weight is 339 g/mol. The minimum absolute atomic E-state index is 0.238. The second-order valence-electron chi connectivity index (χ2n) is 5.99. The first-order valence-corrected chi connectivity index (χ1v) is 8.21. The zero-order chi connectivity index (χ0) is 17.2. The summed E-state index contributed by atoms with van der Waals surface area (Å²) in [5, 5.41) is 5.81. The Morgan fingerprint density at radius 1 is 1.12 bits per heavy atom. The highest BCUT2D eigenvalue weighted by molar-refractivity contribution is 6.31. The third kappa shape index (κ3) is 3.21. The maximum absolute atomic E-state index is 13.3. The summed E-state index contributed by atoms with van der Waals surface area (Å²) >= 11 is 0. The number of hydrogen-bond donors (Lipinski definition) is 2. The zero-order valence-electron chi connectivity index (χ0n) is 13.6. The van der Waals surface area contributed by atoms with Gasteiger partial charge in [0.1, 0.15) is 5.82 Å². The lowest BCUT2D eigenvalue weighted by Gasteiger charge is -2.28. The van der Waals surface area contributed by atoms with Gasteiger partial charge >= 0.3 is 0 Å². The molecule has 2 aromatic carbocycles. The number of rotatable bonds is 3. The number of carbonyl (C=O) groups is 1. The molecule has 2 N–H and O–H groups in total. The second kappa shape index (κ2) is 6.57. The largest absolute Gasteiger partial charge is 0.378 e. The molecule has 0 spiro atoms. The van der Waals surface area contributed by atoms with E-state index in [1.807, 2.05) is 24.3 Å². The summed E-state index contributed by atoms with van der Waals surface area (Å²) in [6, 6.07) is 12.3. The molecule has 5 nitrogen and oxygen atoms in total. The number of benzene rings is 2. The quantitative estimate of drug-likeness (QED) is 0.844. The summed E-state index contributed by atoms with van der Waals surface area (Å²) in [6.45, 7) is 3.29. The fourth-order valence-electron chi connectivity index (χ4n) is 3.06. The van der Waals surface area contributed by atoms with E-state index in [-0.39, 0.29) is 11.7 Å². The van der Waals surface area contributed by atoms with Crippen molar-refractivity contribution in [2.75, 3.05) is 41.8 Å². The molecule has 2 aromatic rings. The molecule has 6 heteroatoms. The van der Waals surface area contributed by atoms with Gasteiger partial charge in [-0.25, -0.2) is 4.39 Å². The van der Waals surface area contributed by atoms with E-state index in [1.165, 1.54) is 12.1 Å². The van der Waals surface area contributed by atoms with Crippen molar-refractivity contribution >= 4 is 28.5 Å². The Morgan fingerprint density at radius 2 is 1.88 bits per heavy atom. The Labute approximate surface area is 145 Å². The highest BCUT2D eigenvalue weighted by Crippen LogP contribution is 2.32. The molecule has 0 bridgehead atoms. The van der Waals surface area contributed by atoms with Crippen LogP contribution in [0.1, 0.15) is 5.56 Å². The molecule has 2 aliphatic rings. The van der Waals surface area contributed by atoms with Gasteiger partial charge in [-0.15, -0.1) is 0 Å². The van der Waals surface area contributed by atoms with Gasteiger partial charge in [0.25, 0.3) is 5.91 Å². The number of morpholine rings is 1. The smallest absolute Gasteiger partial charge is 0.257 e. The molecule has 25 heavy (non-hydrogen) atoms. The van der Waals surface area contributed by atoms with Crippen molar-refractivity contribution in [3.8, 4) is 0 Å². The summed E-state index contributed by atoms with van der Waals surface area (Å²) < 4.78 is 18.6. The van der Waals surface area contributed by atoms with E-state index in [9.17, 15) is 9.18 Å². The number of hydrogen-bond acceptors (Lipinski definition) is 4. The molecule has 1 fully saturated rings. The summed E-state index contributed by atoms with van der Waals surface area (Å²) in [7, 11) is 0. The number of ether oxygens (including phenoxy) is 1. The third-order valence-electron chi connectivity index (χ3n) is 4.39. The molecule has 0 saturated carbocycles. The highest BCUT2D eigenvalue weighted by atomic mass is 19.1. The van der Waals surface area contributed by atoms with Gasteiger partial charge in [-0.3, -0.25) is 4.79 Å². The number of anilines is 3. The van der Waals surface area contributed by atoms with E-state index in [0.717, 1.165) is 37.7 Å². The standard InChI is InChI=1S/C19H18FN3O2/c20-13-1-6-16-17(19(24)22-18(16)11-13)12-21-14-2-4-15(5-3-14)23-7-9-25-10-8-23/h1-6,11-12,21H,7-10H2,(H,22,24)/b17-12+. The summed E-state index contributed by atoms with van der Waals surface area (Å²) in [5.41, 5.74) is 3.73. The molecule has 0 atom stereocenters. The van der Waals surface area contributed by atoms with Crippen LogP contribution in [0.3, 0.4) is 0 Å². The summed E-state index contributed by atoms with van der Waals surface area (Å²) in [5.74, 6) is -0.606. The van der Waals surface area contributed by atoms with E-state index in [4.69, 9.17) is 4.74 Å². The van der Waals surface area contributed by atoms with Crippen molar-refractivity contribution in [1.29, 1.82) is 0 Å². The number of nitrogens with one attached hydrogen (secondary N) is 2. The molecule has 0 unspecified atom stereocenters. The van der Waals surface area contributed by atoms with Crippen molar-refractivity contribution < 1.29 is 13.9 Å².